The molecule has 1 nitrogen and oxygen atoms in total. The van der Waals surface area contributed by atoms with Gasteiger partial charge >= 0.3 is 0 Å². The van der Waals surface area contributed by atoms with Crippen molar-refractivity contribution in [3.05, 3.63) is 110 Å². The lowest BCUT2D eigenvalue weighted by Crippen LogP contribution is -1.66. The third kappa shape index (κ3) is 10.8. The largest absolute Gasteiger partial charge is 0.516 e. The molecule has 0 aliphatic heterocycles. The molecule has 0 heterocycles. The molecule has 0 fully saturated rings. The smallest absolute Gasteiger partial charge is 0.0797 e. The van der Waals surface area contributed by atoms with Crippen LogP contribution < -0.4 is 0 Å². The van der Waals surface area contributed by atoms with E-state index in [1.54, 1.807) is 18.2 Å². The predicted octanol–water partition coefficient (Wildman–Crippen LogP) is 5.90. The Morgan fingerprint density at radius 1 is 0.667 bits per heavy atom. The highest BCUT2D eigenvalue weighted by Crippen LogP contribution is 1.99. The van der Waals surface area contributed by atoms with Gasteiger partial charge in [-0.2, -0.15) is 0 Å². The van der Waals surface area contributed by atoms with Gasteiger partial charge in [-0.05, 0) is 17.2 Å². The van der Waals surface area contributed by atoms with Gasteiger partial charge in [-0.15, -0.1) is 0 Å². The van der Waals surface area contributed by atoms with Crippen molar-refractivity contribution in [2.24, 2.45) is 0 Å². The van der Waals surface area contributed by atoms with Crippen molar-refractivity contribution in [2.75, 3.05) is 0 Å². The Bertz CT molecular complexity index is 518. The Labute approximate surface area is 127 Å². The monoisotopic (exact) mass is 278 g/mol. The summed E-state index contributed by atoms with van der Waals surface area (Å²) in [5, 5.41) is 8.34. The van der Waals surface area contributed by atoms with E-state index < -0.39 is 0 Å². The second kappa shape index (κ2) is 13.6. The van der Waals surface area contributed by atoms with Gasteiger partial charge in [0.2, 0.25) is 0 Å². The number of aliphatic hydroxyl groups excluding tert-OH is 1. The maximum atomic E-state index is 8.34. The third-order valence-corrected chi connectivity index (χ3v) is 2.27. The fourth-order valence-corrected chi connectivity index (χ4v) is 1.24. The van der Waals surface area contributed by atoms with Crippen LogP contribution in [0.4, 0.5) is 0 Å². The van der Waals surface area contributed by atoms with Crippen molar-refractivity contribution in [1.82, 2.24) is 0 Å². The number of hydrogen-bond donors (Lipinski definition) is 1. The van der Waals surface area contributed by atoms with Crippen LogP contribution in [0.25, 0.3) is 12.2 Å². The summed E-state index contributed by atoms with van der Waals surface area (Å²) in [5.74, 6) is 0. The topological polar surface area (TPSA) is 20.2 Å². The fourth-order valence-electron chi connectivity index (χ4n) is 1.24. The number of allylic oxidation sites excluding steroid dienone is 2. The molecule has 1 N–H and O–H groups in total. The zero-order chi connectivity index (χ0) is 15.8. The molecule has 0 amide bonds. The summed E-state index contributed by atoms with van der Waals surface area (Å²) in [5.41, 5.74) is 2.19. The molecule has 0 aliphatic rings. The van der Waals surface area contributed by atoms with Crippen molar-refractivity contribution in [3.8, 4) is 0 Å². The van der Waals surface area contributed by atoms with Crippen molar-refractivity contribution in [2.45, 2.75) is 0 Å². The van der Waals surface area contributed by atoms with E-state index in [0.717, 1.165) is 11.8 Å². The summed E-state index contributed by atoms with van der Waals surface area (Å²) >= 11 is 0. The van der Waals surface area contributed by atoms with Gasteiger partial charge in [0.25, 0.3) is 0 Å². The predicted molar refractivity (Wildman–Crippen MR) is 95.0 cm³/mol. The molecule has 0 aromatic heterocycles. The Morgan fingerprint density at radius 3 is 1.38 bits per heavy atom. The van der Waals surface area contributed by atoms with Crippen molar-refractivity contribution >= 4 is 12.2 Å². The van der Waals surface area contributed by atoms with Crippen LogP contribution in [0.3, 0.4) is 0 Å². The minimum Gasteiger partial charge on any atom is -0.516 e. The molecular weight excluding hydrogens is 256 g/mol. The zero-order valence-electron chi connectivity index (χ0n) is 12.2. The van der Waals surface area contributed by atoms with Gasteiger partial charge in [0.1, 0.15) is 0 Å². The van der Waals surface area contributed by atoms with Gasteiger partial charge in [0.05, 0.1) is 6.26 Å². The van der Waals surface area contributed by atoms with Gasteiger partial charge in [0, 0.05) is 0 Å². The number of rotatable bonds is 3. The molecule has 0 saturated carbocycles. The van der Waals surface area contributed by atoms with E-state index in [4.69, 9.17) is 5.11 Å². The zero-order valence-corrected chi connectivity index (χ0v) is 12.2. The summed E-state index contributed by atoms with van der Waals surface area (Å²) < 4.78 is 0. The van der Waals surface area contributed by atoms with Gasteiger partial charge < -0.3 is 5.11 Å². The maximum absolute atomic E-state index is 8.34. The molecular formula is C20H22O. The molecule has 0 saturated heterocycles. The lowest BCUT2D eigenvalue weighted by atomic mass is 10.2. The van der Waals surface area contributed by atoms with Crippen LogP contribution in [-0.4, -0.2) is 5.11 Å². The summed E-state index contributed by atoms with van der Waals surface area (Å²) in [6, 6.07) is 19.7. The third-order valence-electron chi connectivity index (χ3n) is 2.27. The van der Waals surface area contributed by atoms with E-state index >= 15 is 0 Å². The van der Waals surface area contributed by atoms with Crippen LogP contribution in [-0.2, 0) is 0 Å². The molecule has 108 valence electrons. The van der Waals surface area contributed by atoms with Gasteiger partial charge in [-0.1, -0.05) is 98.6 Å². The normalized spacial score (nSPS) is 8.57. The minimum absolute atomic E-state index is 1.01. The summed E-state index contributed by atoms with van der Waals surface area (Å²) in [7, 11) is 0. The van der Waals surface area contributed by atoms with Crippen LogP contribution in [0.5, 0.6) is 0 Å². The molecule has 1 heteroatoms. The molecule has 2 aromatic carbocycles. The molecule has 0 unspecified atom stereocenters. The standard InChI is InChI=1S/C8H8O.C8H8.C4H6/c9-7-6-8-4-2-1-3-5-8;1-2-8-6-4-3-5-7-8;1-3-4-2/h1-7,9H;2-7H,1H2;3-4H,1-2H2. The second-order valence-electron chi connectivity index (χ2n) is 3.81. The van der Waals surface area contributed by atoms with E-state index in [2.05, 4.69) is 19.7 Å². The molecule has 0 bridgehead atoms. The first-order valence-corrected chi connectivity index (χ1v) is 6.55. The van der Waals surface area contributed by atoms with Crippen molar-refractivity contribution in [1.29, 1.82) is 0 Å². The van der Waals surface area contributed by atoms with Crippen LogP contribution in [0.1, 0.15) is 11.1 Å². The maximum Gasteiger partial charge on any atom is 0.0797 e. The van der Waals surface area contributed by atoms with Crippen molar-refractivity contribution < 1.29 is 5.11 Å². The molecule has 0 aliphatic carbocycles. The average Bonchev–Trinajstić information content (AvgIpc) is 2.58. The molecule has 21 heavy (non-hydrogen) atoms. The Morgan fingerprint density at radius 2 is 1.10 bits per heavy atom. The van der Waals surface area contributed by atoms with E-state index in [-0.39, 0.29) is 0 Å². The molecule has 2 rings (SSSR count). The van der Waals surface area contributed by atoms with E-state index in [9.17, 15) is 0 Å². The summed E-state index contributed by atoms with van der Waals surface area (Å²) in [6.07, 6.45) is 7.79. The highest BCUT2D eigenvalue weighted by molar-refractivity contribution is 5.47. The second-order valence-corrected chi connectivity index (χ2v) is 3.81. The summed E-state index contributed by atoms with van der Waals surface area (Å²) in [4.78, 5) is 0. The highest BCUT2D eigenvalue weighted by atomic mass is 16.2. The lowest BCUT2D eigenvalue weighted by Gasteiger charge is -1.86. The average molecular weight is 278 g/mol. The van der Waals surface area contributed by atoms with E-state index in [0.29, 0.717) is 0 Å². The van der Waals surface area contributed by atoms with Crippen LogP contribution in [0.2, 0.25) is 0 Å². The first-order chi connectivity index (χ1) is 10.3. The van der Waals surface area contributed by atoms with Crippen LogP contribution >= 0.6 is 0 Å². The van der Waals surface area contributed by atoms with E-state index in [1.807, 2.05) is 66.7 Å². The molecule has 0 radical (unpaired) electrons. The van der Waals surface area contributed by atoms with Gasteiger partial charge in [-0.3, -0.25) is 0 Å². The Kier molecular flexibility index (Phi) is 11.8. The van der Waals surface area contributed by atoms with Gasteiger partial charge in [-0.25, -0.2) is 0 Å². The highest BCUT2D eigenvalue weighted by Gasteiger charge is 1.78. The Hall–Kier alpha value is -2.80. The first-order valence-electron chi connectivity index (χ1n) is 6.55. The molecule has 2 aromatic rings. The first kappa shape index (κ1) is 18.2. The minimum atomic E-state index is 1.01. The number of benzene rings is 2. The Balaban J connectivity index is 0.000000308. The SMILES string of the molecule is C=CC=C.C=Cc1ccccc1.OC=Cc1ccccc1. The summed E-state index contributed by atoms with van der Waals surface area (Å²) in [6.45, 7) is 10.4. The number of hydrogen-bond acceptors (Lipinski definition) is 1. The van der Waals surface area contributed by atoms with Crippen LogP contribution in [0.15, 0.2) is 98.8 Å². The van der Waals surface area contributed by atoms with Gasteiger partial charge in [0.15, 0.2) is 0 Å². The number of aliphatic hydroxyl groups is 1. The fraction of sp³-hybridized carbons (Fsp3) is 0. The lowest BCUT2D eigenvalue weighted by molar-refractivity contribution is 0.478. The van der Waals surface area contributed by atoms with Crippen molar-refractivity contribution in [3.63, 3.8) is 0 Å². The van der Waals surface area contributed by atoms with E-state index in [1.165, 1.54) is 5.56 Å². The quantitative estimate of drug-likeness (QED) is 0.547. The molecule has 0 atom stereocenters. The molecule has 0 spiro atoms. The van der Waals surface area contributed by atoms with Crippen LogP contribution in [0, 0.1) is 0 Å².